The van der Waals surface area contributed by atoms with Gasteiger partial charge in [-0.1, -0.05) is 24.3 Å². The number of amides is 1. The lowest BCUT2D eigenvalue weighted by Crippen LogP contribution is -2.49. The average molecular weight is 452 g/mol. The molecule has 0 spiro atoms. The number of hydrogen-bond donors (Lipinski definition) is 1. The smallest absolute Gasteiger partial charge is 0.292 e. The number of nitro groups is 1. The van der Waals surface area contributed by atoms with Crippen molar-refractivity contribution in [2.75, 3.05) is 31.9 Å². The molecule has 0 bridgehead atoms. The first-order chi connectivity index (χ1) is 15.8. The molecular formula is C24H22F2N4O3. The molecule has 3 aromatic rings. The van der Waals surface area contributed by atoms with Gasteiger partial charge in [0.2, 0.25) is 0 Å². The number of nitrogens with zero attached hydrogens (tertiary/aromatic N) is 3. The van der Waals surface area contributed by atoms with E-state index in [4.69, 9.17) is 5.73 Å². The van der Waals surface area contributed by atoms with Crippen LogP contribution in [0.15, 0.2) is 66.7 Å². The molecule has 1 saturated heterocycles. The fourth-order valence-electron chi connectivity index (χ4n) is 4.10. The Bertz CT molecular complexity index is 1120. The molecule has 1 aliphatic rings. The Labute approximate surface area is 189 Å². The Morgan fingerprint density at radius 1 is 0.879 bits per heavy atom. The zero-order chi connectivity index (χ0) is 23.5. The molecule has 2 N–H and O–H groups in total. The van der Waals surface area contributed by atoms with Gasteiger partial charge in [-0.05, 0) is 47.5 Å². The highest BCUT2D eigenvalue weighted by atomic mass is 19.1. The van der Waals surface area contributed by atoms with E-state index in [1.165, 1.54) is 42.5 Å². The van der Waals surface area contributed by atoms with Gasteiger partial charge in [-0.2, -0.15) is 0 Å². The number of nitrogen functional groups attached to an aromatic ring is 1. The first-order valence-electron chi connectivity index (χ1n) is 10.4. The summed E-state index contributed by atoms with van der Waals surface area (Å²) in [4.78, 5) is 27.3. The van der Waals surface area contributed by atoms with Gasteiger partial charge >= 0.3 is 0 Å². The Kier molecular flexibility index (Phi) is 6.32. The zero-order valence-electron chi connectivity index (χ0n) is 17.7. The fraction of sp³-hybridized carbons (Fsp3) is 0.208. The second-order valence-corrected chi connectivity index (χ2v) is 7.86. The van der Waals surface area contributed by atoms with Gasteiger partial charge in [0.25, 0.3) is 11.6 Å². The number of anilines is 1. The van der Waals surface area contributed by atoms with Gasteiger partial charge in [-0.25, -0.2) is 8.78 Å². The first-order valence-corrected chi connectivity index (χ1v) is 10.4. The fourth-order valence-corrected chi connectivity index (χ4v) is 4.10. The molecule has 0 aliphatic carbocycles. The molecule has 0 saturated carbocycles. The van der Waals surface area contributed by atoms with Gasteiger partial charge in [-0.3, -0.25) is 19.8 Å². The van der Waals surface area contributed by atoms with Crippen LogP contribution in [0.25, 0.3) is 0 Å². The van der Waals surface area contributed by atoms with Crippen LogP contribution < -0.4 is 5.73 Å². The summed E-state index contributed by atoms with van der Waals surface area (Å²) in [5, 5.41) is 11.1. The molecule has 1 fully saturated rings. The summed E-state index contributed by atoms with van der Waals surface area (Å²) in [5.41, 5.74) is 7.26. The van der Waals surface area contributed by atoms with Crippen molar-refractivity contribution in [3.05, 3.63) is 105 Å². The lowest BCUT2D eigenvalue weighted by molar-refractivity contribution is -0.383. The SMILES string of the molecule is Nc1ccc(C(=O)N2CCN(C(c3ccc(F)cc3)c3ccc(F)cc3)CC2)cc1[N+](=O)[O-]. The molecule has 1 amide bonds. The molecule has 0 unspecified atom stereocenters. The molecule has 170 valence electrons. The Morgan fingerprint density at radius 3 is 1.88 bits per heavy atom. The van der Waals surface area contributed by atoms with Crippen LogP contribution in [0.3, 0.4) is 0 Å². The van der Waals surface area contributed by atoms with Crippen molar-refractivity contribution in [3.63, 3.8) is 0 Å². The minimum absolute atomic E-state index is 0.00260. The van der Waals surface area contributed by atoms with Gasteiger partial charge in [0.1, 0.15) is 17.3 Å². The van der Waals surface area contributed by atoms with Crippen LogP contribution in [0.5, 0.6) is 0 Å². The number of nitro benzene ring substituents is 1. The first kappa shape index (κ1) is 22.3. The standard InChI is InChI=1S/C24H22F2N4O3/c25-19-6-1-16(2-7-19)23(17-3-8-20(26)9-4-17)28-11-13-29(14-12-28)24(31)18-5-10-21(27)22(15-18)30(32)33/h1-10,15,23H,11-14,27H2. The largest absolute Gasteiger partial charge is 0.393 e. The van der Waals surface area contributed by atoms with E-state index in [0.717, 1.165) is 11.1 Å². The molecule has 1 heterocycles. The number of piperazine rings is 1. The third-order valence-corrected chi connectivity index (χ3v) is 5.81. The van der Waals surface area contributed by atoms with Crippen molar-refractivity contribution in [1.29, 1.82) is 0 Å². The number of carbonyl (C=O) groups excluding carboxylic acids is 1. The molecule has 7 nitrogen and oxygen atoms in total. The van der Waals surface area contributed by atoms with Gasteiger partial charge in [0.05, 0.1) is 11.0 Å². The van der Waals surface area contributed by atoms with E-state index < -0.39 is 4.92 Å². The van der Waals surface area contributed by atoms with Crippen LogP contribution in [-0.2, 0) is 0 Å². The predicted octanol–water partition coefficient (Wildman–Crippen LogP) is 4.00. The van der Waals surface area contributed by atoms with Crippen molar-refractivity contribution in [2.45, 2.75) is 6.04 Å². The van der Waals surface area contributed by atoms with Crippen molar-refractivity contribution in [2.24, 2.45) is 0 Å². The van der Waals surface area contributed by atoms with Crippen molar-refractivity contribution < 1.29 is 18.5 Å². The Hall–Kier alpha value is -3.85. The maximum atomic E-state index is 13.5. The van der Waals surface area contributed by atoms with E-state index in [1.54, 1.807) is 29.2 Å². The zero-order valence-corrected chi connectivity index (χ0v) is 17.7. The Balaban J connectivity index is 1.53. The lowest BCUT2D eigenvalue weighted by Gasteiger charge is -2.39. The van der Waals surface area contributed by atoms with Crippen LogP contribution in [-0.4, -0.2) is 46.8 Å². The summed E-state index contributed by atoms with van der Waals surface area (Å²) in [7, 11) is 0. The normalized spacial score (nSPS) is 14.5. The third kappa shape index (κ3) is 4.83. The van der Waals surface area contributed by atoms with E-state index in [0.29, 0.717) is 26.2 Å². The van der Waals surface area contributed by atoms with Gasteiger partial charge in [0, 0.05) is 37.8 Å². The molecule has 0 atom stereocenters. The molecule has 4 rings (SSSR count). The predicted molar refractivity (Wildman–Crippen MR) is 120 cm³/mol. The Morgan fingerprint density at radius 2 is 1.39 bits per heavy atom. The summed E-state index contributed by atoms with van der Waals surface area (Å²) >= 11 is 0. The number of rotatable bonds is 5. The summed E-state index contributed by atoms with van der Waals surface area (Å²) in [6.07, 6.45) is 0. The highest BCUT2D eigenvalue weighted by molar-refractivity contribution is 5.95. The van der Waals surface area contributed by atoms with Crippen LogP contribution in [0, 0.1) is 21.7 Å². The van der Waals surface area contributed by atoms with Gasteiger partial charge in [0.15, 0.2) is 0 Å². The third-order valence-electron chi connectivity index (χ3n) is 5.81. The molecule has 1 aliphatic heterocycles. The lowest BCUT2D eigenvalue weighted by atomic mass is 9.96. The van der Waals surface area contributed by atoms with Crippen LogP contribution in [0.2, 0.25) is 0 Å². The maximum absolute atomic E-state index is 13.5. The summed E-state index contributed by atoms with van der Waals surface area (Å²) in [5.74, 6) is -0.993. The second-order valence-electron chi connectivity index (χ2n) is 7.86. The van der Waals surface area contributed by atoms with Crippen LogP contribution in [0.4, 0.5) is 20.2 Å². The molecule has 3 aromatic carbocycles. The maximum Gasteiger partial charge on any atom is 0.292 e. The van der Waals surface area contributed by atoms with Crippen molar-refractivity contribution in [3.8, 4) is 0 Å². The highest BCUT2D eigenvalue weighted by Crippen LogP contribution is 2.30. The summed E-state index contributed by atoms with van der Waals surface area (Å²) in [6, 6.07) is 16.2. The number of benzene rings is 3. The molecule has 0 radical (unpaired) electrons. The number of hydrogen-bond acceptors (Lipinski definition) is 5. The molecule has 9 heteroatoms. The second kappa shape index (κ2) is 9.33. The quantitative estimate of drug-likeness (QED) is 0.359. The van der Waals surface area contributed by atoms with Gasteiger partial charge < -0.3 is 10.6 Å². The minimum Gasteiger partial charge on any atom is -0.393 e. The summed E-state index contributed by atoms with van der Waals surface area (Å²) in [6.45, 7) is 1.83. The summed E-state index contributed by atoms with van der Waals surface area (Å²) < 4.78 is 27.0. The highest BCUT2D eigenvalue weighted by Gasteiger charge is 2.29. The van der Waals surface area contributed by atoms with Crippen molar-refractivity contribution >= 4 is 17.3 Å². The monoisotopic (exact) mass is 452 g/mol. The molecule has 33 heavy (non-hydrogen) atoms. The van der Waals surface area contributed by atoms with Crippen LogP contribution >= 0.6 is 0 Å². The van der Waals surface area contributed by atoms with Crippen LogP contribution in [0.1, 0.15) is 27.5 Å². The van der Waals surface area contributed by atoms with E-state index >= 15 is 0 Å². The minimum atomic E-state index is -0.611. The van der Waals surface area contributed by atoms with E-state index in [1.807, 2.05) is 0 Å². The number of nitrogens with two attached hydrogens (primary N) is 1. The molecule has 0 aromatic heterocycles. The van der Waals surface area contributed by atoms with Crippen molar-refractivity contribution in [1.82, 2.24) is 9.80 Å². The van der Waals surface area contributed by atoms with Gasteiger partial charge in [-0.15, -0.1) is 0 Å². The number of carbonyl (C=O) groups is 1. The molecular weight excluding hydrogens is 430 g/mol. The number of halogens is 2. The topological polar surface area (TPSA) is 92.7 Å². The average Bonchev–Trinajstić information content (AvgIpc) is 2.82. The van der Waals surface area contributed by atoms with E-state index in [-0.39, 0.29) is 40.5 Å². The van der Waals surface area contributed by atoms with E-state index in [9.17, 15) is 23.7 Å². The van der Waals surface area contributed by atoms with E-state index in [2.05, 4.69) is 4.90 Å².